The van der Waals surface area contributed by atoms with Crippen LogP contribution in [0.25, 0.3) is 0 Å². The Morgan fingerprint density at radius 3 is 2.11 bits per heavy atom. The summed E-state index contributed by atoms with van der Waals surface area (Å²) < 4.78 is 18.4. The third-order valence-corrected chi connectivity index (χ3v) is 9.93. The first kappa shape index (κ1) is 21.3. The van der Waals surface area contributed by atoms with Crippen LogP contribution in [0, 0.1) is 5.92 Å². The summed E-state index contributed by atoms with van der Waals surface area (Å²) in [6, 6.07) is 10.3. The van der Waals surface area contributed by atoms with Gasteiger partial charge in [0.2, 0.25) is 0 Å². The highest BCUT2D eigenvalue weighted by Crippen LogP contribution is 2.47. The summed E-state index contributed by atoms with van der Waals surface area (Å²) in [7, 11) is -2.80. The molecule has 6 heteroatoms. The van der Waals surface area contributed by atoms with E-state index >= 15 is 0 Å². The molecule has 0 radical (unpaired) electrons. The number of rotatable bonds is 6. The van der Waals surface area contributed by atoms with Gasteiger partial charge in [-0.3, -0.25) is 0 Å². The van der Waals surface area contributed by atoms with E-state index in [2.05, 4.69) is 52.9 Å². The lowest BCUT2D eigenvalue weighted by atomic mass is 9.74. The highest BCUT2D eigenvalue weighted by molar-refractivity contribution is 6.99. The first-order valence-corrected chi connectivity index (χ1v) is 13.3. The lowest BCUT2D eigenvalue weighted by molar-refractivity contribution is -0.137. The number of allylic oxidation sites excluding steroid dienone is 1. The first-order chi connectivity index (χ1) is 13.0. The molecule has 0 spiro atoms. The molecular formula is C22H33BO4Si. The molecule has 1 aromatic rings. The molecule has 1 aromatic carbocycles. The topological polar surface area (TPSA) is 44.8 Å². The molecule has 1 aliphatic heterocycles. The highest BCUT2D eigenvalue weighted by Gasteiger charge is 2.56. The molecular weight excluding hydrogens is 367 g/mol. The van der Waals surface area contributed by atoms with Crippen LogP contribution < -0.4 is 5.19 Å². The van der Waals surface area contributed by atoms with Crippen molar-refractivity contribution < 1.29 is 18.8 Å². The quantitative estimate of drug-likeness (QED) is 0.411. The van der Waals surface area contributed by atoms with Crippen LogP contribution in [0.2, 0.25) is 13.1 Å². The summed E-state index contributed by atoms with van der Waals surface area (Å²) in [5, 5.41) is 2.04. The van der Waals surface area contributed by atoms with Crippen LogP contribution >= 0.6 is 0 Å². The van der Waals surface area contributed by atoms with Gasteiger partial charge in [-0.05, 0) is 58.9 Å². The van der Waals surface area contributed by atoms with Crippen molar-refractivity contribution in [3.63, 3.8) is 0 Å². The zero-order chi connectivity index (χ0) is 20.7. The monoisotopic (exact) mass is 400 g/mol. The number of ether oxygens (including phenoxy) is 1. The van der Waals surface area contributed by atoms with Crippen molar-refractivity contribution in [2.24, 2.45) is 5.92 Å². The highest BCUT2D eigenvalue weighted by atomic mass is 28.3. The van der Waals surface area contributed by atoms with Crippen LogP contribution in [0.5, 0.6) is 0 Å². The van der Waals surface area contributed by atoms with Crippen LogP contribution in [0.15, 0.2) is 41.0 Å². The molecule has 4 nitrogen and oxygen atoms in total. The minimum atomic E-state index is -2.31. The Balaban J connectivity index is 2.15. The zero-order valence-electron chi connectivity index (χ0n) is 18.3. The van der Waals surface area contributed by atoms with Crippen molar-refractivity contribution in [1.82, 2.24) is 0 Å². The maximum Gasteiger partial charge on any atom is 0.491 e. The van der Waals surface area contributed by atoms with Gasteiger partial charge in [-0.15, -0.1) is 0 Å². The molecule has 1 heterocycles. The second kappa shape index (κ2) is 7.47. The molecule has 152 valence electrons. The van der Waals surface area contributed by atoms with E-state index in [1.54, 1.807) is 0 Å². The number of benzene rings is 1. The second-order valence-corrected chi connectivity index (χ2v) is 13.7. The average molecular weight is 400 g/mol. The molecule has 2 aliphatic rings. The van der Waals surface area contributed by atoms with Gasteiger partial charge in [0.05, 0.1) is 17.8 Å². The van der Waals surface area contributed by atoms with Gasteiger partial charge >= 0.3 is 13.1 Å². The van der Waals surface area contributed by atoms with E-state index in [0.717, 1.165) is 23.5 Å². The molecule has 0 amide bonds. The summed E-state index contributed by atoms with van der Waals surface area (Å²) in [5.74, 6) is 0.129. The number of esters is 1. The molecule has 1 saturated carbocycles. The van der Waals surface area contributed by atoms with Crippen LogP contribution in [0.4, 0.5) is 0 Å². The molecule has 0 unspecified atom stereocenters. The number of hydrogen-bond acceptors (Lipinski definition) is 4. The largest absolute Gasteiger partial charge is 0.491 e. The SMILES string of the molecule is CCOC(=O)/C(=C(\B1OC(C)(C)C(C)(C)O1)C1CC1)[Si](C)(C)c1ccccc1. The maximum absolute atomic E-state index is 13.3. The summed E-state index contributed by atoms with van der Waals surface area (Å²) in [6.07, 6.45) is 2.14. The Morgan fingerprint density at radius 1 is 1.11 bits per heavy atom. The first-order valence-electron chi connectivity index (χ1n) is 10.3. The third-order valence-electron chi connectivity index (χ3n) is 6.41. The second-order valence-electron chi connectivity index (χ2n) is 9.40. The van der Waals surface area contributed by atoms with E-state index in [9.17, 15) is 4.79 Å². The fourth-order valence-electron chi connectivity index (χ4n) is 3.82. The van der Waals surface area contributed by atoms with E-state index in [1.165, 1.54) is 5.19 Å². The lowest BCUT2D eigenvalue weighted by Crippen LogP contribution is -2.49. The zero-order valence-corrected chi connectivity index (χ0v) is 19.3. The van der Waals surface area contributed by atoms with Gasteiger partial charge in [0.15, 0.2) is 0 Å². The van der Waals surface area contributed by atoms with Crippen molar-refractivity contribution in [3.8, 4) is 0 Å². The predicted molar refractivity (Wildman–Crippen MR) is 116 cm³/mol. The molecule has 0 atom stereocenters. The summed E-state index contributed by atoms with van der Waals surface area (Å²) in [6.45, 7) is 14.9. The van der Waals surface area contributed by atoms with Crippen molar-refractivity contribution in [3.05, 3.63) is 41.0 Å². The van der Waals surface area contributed by atoms with E-state index in [0.29, 0.717) is 12.5 Å². The molecule has 2 fully saturated rings. The minimum absolute atomic E-state index is 0.209. The van der Waals surface area contributed by atoms with Gasteiger partial charge in [-0.2, -0.15) is 0 Å². The molecule has 3 rings (SSSR count). The summed E-state index contributed by atoms with van der Waals surface area (Å²) >= 11 is 0. The molecule has 1 saturated heterocycles. The Kier molecular flexibility index (Phi) is 5.69. The van der Waals surface area contributed by atoms with Gasteiger partial charge in [0.25, 0.3) is 0 Å². The van der Waals surface area contributed by atoms with E-state index in [1.807, 2.05) is 25.1 Å². The van der Waals surface area contributed by atoms with Crippen LogP contribution in [0.3, 0.4) is 0 Å². The standard InChI is InChI=1S/C22H33BO4Si/c1-8-25-20(24)19(28(6,7)17-12-10-9-11-13-17)18(16-14-15-16)23-26-21(2,3)22(4,5)27-23/h9-13,16H,8,14-15H2,1-7H3/b19-18+. The average Bonchev–Trinajstić information content (AvgIpc) is 3.40. The van der Waals surface area contributed by atoms with Crippen molar-refractivity contribution >= 4 is 26.3 Å². The van der Waals surface area contributed by atoms with E-state index < -0.39 is 26.4 Å². The summed E-state index contributed by atoms with van der Waals surface area (Å²) in [4.78, 5) is 13.3. The number of carbonyl (C=O) groups is 1. The predicted octanol–water partition coefficient (Wildman–Crippen LogP) is 4.04. The van der Waals surface area contributed by atoms with E-state index in [4.69, 9.17) is 14.0 Å². The summed E-state index contributed by atoms with van der Waals surface area (Å²) in [5.41, 5.74) is 0.157. The molecule has 0 bridgehead atoms. The fraction of sp³-hybridized carbons (Fsp3) is 0.591. The third kappa shape index (κ3) is 3.87. The number of carbonyl (C=O) groups excluding carboxylic acids is 1. The Morgan fingerprint density at radius 2 is 1.64 bits per heavy atom. The maximum atomic E-state index is 13.3. The van der Waals surface area contributed by atoms with Crippen LogP contribution in [-0.2, 0) is 18.8 Å². The van der Waals surface area contributed by atoms with Gasteiger partial charge in [0, 0.05) is 5.20 Å². The van der Waals surface area contributed by atoms with Gasteiger partial charge in [-0.25, -0.2) is 4.79 Å². The normalized spacial score (nSPS) is 22.0. The molecule has 28 heavy (non-hydrogen) atoms. The molecule has 0 N–H and O–H groups in total. The Hall–Kier alpha value is -1.37. The van der Waals surface area contributed by atoms with Gasteiger partial charge in [-0.1, -0.05) is 48.6 Å². The van der Waals surface area contributed by atoms with Crippen molar-refractivity contribution in [1.29, 1.82) is 0 Å². The van der Waals surface area contributed by atoms with E-state index in [-0.39, 0.29) is 5.97 Å². The Bertz CT molecular complexity index is 750. The van der Waals surface area contributed by atoms with Gasteiger partial charge in [0.1, 0.15) is 8.07 Å². The lowest BCUT2D eigenvalue weighted by Gasteiger charge is -2.32. The Labute approximate surface area is 170 Å². The minimum Gasteiger partial charge on any atom is -0.463 e. The smallest absolute Gasteiger partial charge is 0.463 e. The molecule has 0 aromatic heterocycles. The number of hydrogen-bond donors (Lipinski definition) is 0. The van der Waals surface area contributed by atoms with Gasteiger partial charge < -0.3 is 14.0 Å². The van der Waals surface area contributed by atoms with Crippen LogP contribution in [-0.4, -0.2) is 39.0 Å². The fourth-order valence-corrected chi connectivity index (χ4v) is 6.76. The van der Waals surface area contributed by atoms with Crippen LogP contribution in [0.1, 0.15) is 47.5 Å². The molecule has 1 aliphatic carbocycles. The van der Waals surface area contributed by atoms with Crippen molar-refractivity contribution in [2.75, 3.05) is 6.61 Å². The van der Waals surface area contributed by atoms with Crippen molar-refractivity contribution in [2.45, 2.75) is 71.8 Å².